The van der Waals surface area contributed by atoms with E-state index in [2.05, 4.69) is 4.98 Å². The van der Waals surface area contributed by atoms with Gasteiger partial charge in [-0.15, -0.1) is 0 Å². The van der Waals surface area contributed by atoms with Gasteiger partial charge in [-0.05, 0) is 18.2 Å². The summed E-state index contributed by atoms with van der Waals surface area (Å²) in [5, 5.41) is 9.59. The summed E-state index contributed by atoms with van der Waals surface area (Å²) in [4.78, 5) is 13.1. The molecule has 84 valence electrons. The highest BCUT2D eigenvalue weighted by Crippen LogP contribution is 2.23. The molecule has 0 bridgehead atoms. The number of nitrogens with one attached hydrogen (secondary N) is 1. The number of benzene rings is 1. The third-order valence-electron chi connectivity index (χ3n) is 2.09. The molecule has 0 saturated heterocycles. The first-order valence-electron chi connectivity index (χ1n) is 4.21. The van der Waals surface area contributed by atoms with Crippen molar-refractivity contribution in [2.45, 2.75) is 4.90 Å². The van der Waals surface area contributed by atoms with Gasteiger partial charge < -0.3 is 10.1 Å². The number of hydrogen-bond donors (Lipinski definition) is 3. The van der Waals surface area contributed by atoms with E-state index in [0.717, 1.165) is 18.2 Å². The molecule has 0 atom stereocenters. The molecule has 1 aromatic carbocycles. The summed E-state index contributed by atoms with van der Waals surface area (Å²) in [5.74, 6) is -0.343. The second kappa shape index (κ2) is 3.32. The van der Waals surface area contributed by atoms with E-state index in [1.54, 1.807) is 0 Å². The fourth-order valence-electron chi connectivity index (χ4n) is 1.38. The summed E-state index contributed by atoms with van der Waals surface area (Å²) in [6.45, 7) is 0. The monoisotopic (exact) mass is 241 g/mol. The van der Waals surface area contributed by atoms with Gasteiger partial charge in [-0.25, -0.2) is 0 Å². The minimum absolute atomic E-state index is 0.148. The number of aromatic nitrogens is 1. The molecule has 7 heteroatoms. The molecule has 2 aromatic rings. The maximum atomic E-state index is 11.0. The molecular weight excluding hydrogens is 234 g/mol. The SMILES string of the molecule is O=c1cc(O)c2cc(S(=O)(=O)O)ccc2[nH]1. The van der Waals surface area contributed by atoms with Gasteiger partial charge in [-0.2, -0.15) is 8.42 Å². The lowest BCUT2D eigenvalue weighted by molar-refractivity contribution is 0.480. The maximum absolute atomic E-state index is 11.0. The Morgan fingerprint density at radius 1 is 1.19 bits per heavy atom. The molecule has 1 aromatic heterocycles. The number of H-pyrrole nitrogens is 1. The topological polar surface area (TPSA) is 107 Å². The third-order valence-corrected chi connectivity index (χ3v) is 2.94. The Balaban J connectivity index is 2.87. The van der Waals surface area contributed by atoms with Gasteiger partial charge in [0, 0.05) is 11.5 Å². The van der Waals surface area contributed by atoms with Gasteiger partial charge in [-0.1, -0.05) is 0 Å². The summed E-state index contributed by atoms with van der Waals surface area (Å²) in [6, 6.07) is 4.43. The molecule has 0 amide bonds. The van der Waals surface area contributed by atoms with Crippen molar-refractivity contribution < 1.29 is 18.1 Å². The van der Waals surface area contributed by atoms with E-state index in [0.29, 0.717) is 0 Å². The lowest BCUT2D eigenvalue weighted by Gasteiger charge is -2.02. The van der Waals surface area contributed by atoms with Crippen LogP contribution < -0.4 is 5.56 Å². The first-order chi connectivity index (χ1) is 7.38. The number of hydrogen-bond acceptors (Lipinski definition) is 4. The van der Waals surface area contributed by atoms with Gasteiger partial charge in [-0.3, -0.25) is 9.35 Å². The standard InChI is InChI=1S/C9H7NO5S/c11-8-4-9(12)10-7-2-1-5(3-6(7)8)16(13,14)15/h1-4H,(H2,10,11,12)(H,13,14,15). The summed E-state index contributed by atoms with van der Waals surface area (Å²) < 4.78 is 30.5. The molecule has 0 spiro atoms. The van der Waals surface area contributed by atoms with Crippen molar-refractivity contribution in [3.05, 3.63) is 34.6 Å². The number of pyridine rings is 1. The molecule has 2 rings (SSSR count). The Kier molecular flexibility index (Phi) is 2.21. The van der Waals surface area contributed by atoms with Crippen LogP contribution in [0.1, 0.15) is 0 Å². The first kappa shape index (κ1) is 10.7. The minimum Gasteiger partial charge on any atom is -0.507 e. The Bertz CT molecular complexity index is 716. The zero-order chi connectivity index (χ0) is 11.9. The van der Waals surface area contributed by atoms with Crippen molar-refractivity contribution in [1.29, 1.82) is 0 Å². The normalized spacial score (nSPS) is 11.8. The molecule has 6 nitrogen and oxygen atoms in total. The summed E-state index contributed by atoms with van der Waals surface area (Å²) in [5.41, 5.74) is -0.206. The largest absolute Gasteiger partial charge is 0.507 e. The number of rotatable bonds is 1. The van der Waals surface area contributed by atoms with Crippen LogP contribution in [0, 0.1) is 0 Å². The summed E-state index contributed by atoms with van der Waals surface area (Å²) in [6.07, 6.45) is 0. The van der Waals surface area contributed by atoms with Crippen LogP contribution in [0.3, 0.4) is 0 Å². The van der Waals surface area contributed by atoms with Crippen LogP contribution in [-0.2, 0) is 10.1 Å². The molecule has 0 fully saturated rings. The van der Waals surface area contributed by atoms with Crippen LogP contribution in [0.2, 0.25) is 0 Å². The molecule has 3 N–H and O–H groups in total. The maximum Gasteiger partial charge on any atom is 0.294 e. The van der Waals surface area contributed by atoms with Crippen LogP contribution in [0.5, 0.6) is 5.75 Å². The van der Waals surface area contributed by atoms with Crippen LogP contribution in [0.4, 0.5) is 0 Å². The van der Waals surface area contributed by atoms with Crippen molar-refractivity contribution in [3.8, 4) is 5.75 Å². The quantitative estimate of drug-likeness (QED) is 0.629. The van der Waals surface area contributed by atoms with Gasteiger partial charge in [0.2, 0.25) is 0 Å². The van der Waals surface area contributed by atoms with Gasteiger partial charge in [0.15, 0.2) is 0 Å². The molecule has 0 aliphatic carbocycles. The lowest BCUT2D eigenvalue weighted by atomic mass is 10.2. The molecule has 0 aliphatic rings. The predicted molar refractivity (Wildman–Crippen MR) is 56.0 cm³/mol. The molecule has 0 aliphatic heterocycles. The van der Waals surface area contributed by atoms with E-state index in [4.69, 9.17) is 4.55 Å². The predicted octanol–water partition coefficient (Wildman–Crippen LogP) is 0.480. The Labute approximate surface area is 89.9 Å². The third kappa shape index (κ3) is 1.77. The number of aromatic hydroxyl groups is 1. The first-order valence-corrected chi connectivity index (χ1v) is 5.65. The van der Waals surface area contributed by atoms with Gasteiger partial charge in [0.05, 0.1) is 10.4 Å². The van der Waals surface area contributed by atoms with Crippen LogP contribution >= 0.6 is 0 Å². The smallest absolute Gasteiger partial charge is 0.294 e. The van der Waals surface area contributed by atoms with Crippen molar-refractivity contribution >= 4 is 21.0 Å². The van der Waals surface area contributed by atoms with Crippen molar-refractivity contribution in [3.63, 3.8) is 0 Å². The van der Waals surface area contributed by atoms with E-state index in [-0.39, 0.29) is 21.5 Å². The van der Waals surface area contributed by atoms with Crippen LogP contribution in [0.25, 0.3) is 10.9 Å². The average molecular weight is 241 g/mol. The van der Waals surface area contributed by atoms with Gasteiger partial charge in [0.25, 0.3) is 15.7 Å². The summed E-state index contributed by atoms with van der Waals surface area (Å²) >= 11 is 0. The Morgan fingerprint density at radius 2 is 1.88 bits per heavy atom. The molecule has 0 radical (unpaired) electrons. The highest BCUT2D eigenvalue weighted by atomic mass is 32.2. The van der Waals surface area contributed by atoms with Gasteiger partial charge >= 0.3 is 0 Å². The fraction of sp³-hybridized carbons (Fsp3) is 0. The molecule has 1 heterocycles. The molecule has 16 heavy (non-hydrogen) atoms. The van der Waals surface area contributed by atoms with Crippen LogP contribution in [0.15, 0.2) is 34.0 Å². The Hall–Kier alpha value is -1.86. The van der Waals surface area contributed by atoms with E-state index in [1.807, 2.05) is 0 Å². The van der Waals surface area contributed by atoms with Crippen molar-refractivity contribution in [2.24, 2.45) is 0 Å². The number of aromatic amines is 1. The van der Waals surface area contributed by atoms with E-state index >= 15 is 0 Å². The average Bonchev–Trinajstić information content (AvgIpc) is 2.15. The zero-order valence-corrected chi connectivity index (χ0v) is 8.65. The van der Waals surface area contributed by atoms with E-state index in [9.17, 15) is 18.3 Å². The lowest BCUT2D eigenvalue weighted by Crippen LogP contribution is -2.04. The van der Waals surface area contributed by atoms with Gasteiger partial charge in [0.1, 0.15) is 5.75 Å². The second-order valence-corrected chi connectivity index (χ2v) is 4.62. The van der Waals surface area contributed by atoms with E-state index in [1.165, 1.54) is 6.07 Å². The van der Waals surface area contributed by atoms with Crippen LogP contribution in [-0.4, -0.2) is 23.1 Å². The van der Waals surface area contributed by atoms with Crippen molar-refractivity contribution in [1.82, 2.24) is 4.98 Å². The highest BCUT2D eigenvalue weighted by molar-refractivity contribution is 7.85. The highest BCUT2D eigenvalue weighted by Gasteiger charge is 2.11. The zero-order valence-electron chi connectivity index (χ0n) is 7.84. The Morgan fingerprint density at radius 3 is 2.50 bits per heavy atom. The van der Waals surface area contributed by atoms with Crippen molar-refractivity contribution in [2.75, 3.05) is 0 Å². The fourth-order valence-corrected chi connectivity index (χ4v) is 1.88. The molecule has 0 unspecified atom stereocenters. The number of fused-ring (bicyclic) bond motifs is 1. The second-order valence-electron chi connectivity index (χ2n) is 3.20. The minimum atomic E-state index is -4.32. The van der Waals surface area contributed by atoms with E-state index < -0.39 is 15.7 Å². The molecule has 0 saturated carbocycles. The summed E-state index contributed by atoms with van der Waals surface area (Å²) in [7, 11) is -4.32. The molecular formula is C9H7NO5S.